The number of carbonyl (C=O) groups excluding carboxylic acids is 2. The third kappa shape index (κ3) is 3.96. The van der Waals surface area contributed by atoms with Gasteiger partial charge in [-0.1, -0.05) is 62.8 Å². The zero-order valence-electron chi connectivity index (χ0n) is 15.4. The van der Waals surface area contributed by atoms with Gasteiger partial charge in [0.2, 0.25) is 0 Å². The molecule has 3 rings (SSSR count). The van der Waals surface area contributed by atoms with Gasteiger partial charge in [-0.3, -0.25) is 14.5 Å². The molecule has 4 nitrogen and oxygen atoms in total. The molecule has 0 saturated carbocycles. The third-order valence-electron chi connectivity index (χ3n) is 5.19. The molecule has 138 valence electrons. The van der Waals surface area contributed by atoms with Crippen molar-refractivity contribution in [3.8, 4) is 0 Å². The van der Waals surface area contributed by atoms with Crippen molar-refractivity contribution < 1.29 is 9.59 Å². The Morgan fingerprint density at radius 3 is 1.73 bits per heavy atom. The van der Waals surface area contributed by atoms with Crippen molar-refractivity contribution in [2.24, 2.45) is 5.73 Å². The van der Waals surface area contributed by atoms with Crippen LogP contribution in [0.1, 0.15) is 72.1 Å². The normalized spacial score (nSPS) is 13.7. The van der Waals surface area contributed by atoms with Crippen molar-refractivity contribution in [2.45, 2.75) is 51.4 Å². The summed E-state index contributed by atoms with van der Waals surface area (Å²) in [5, 5.41) is 1.76. The van der Waals surface area contributed by atoms with Crippen molar-refractivity contribution in [2.75, 3.05) is 13.1 Å². The third-order valence-corrected chi connectivity index (χ3v) is 5.19. The van der Waals surface area contributed by atoms with Crippen LogP contribution >= 0.6 is 0 Å². The van der Waals surface area contributed by atoms with E-state index in [-0.39, 0.29) is 11.8 Å². The summed E-state index contributed by atoms with van der Waals surface area (Å²) in [6.07, 6.45) is 9.14. The first-order valence-corrected chi connectivity index (χ1v) is 9.82. The Kier molecular flexibility index (Phi) is 6.40. The summed E-state index contributed by atoms with van der Waals surface area (Å²) in [4.78, 5) is 27.0. The molecule has 0 radical (unpaired) electrons. The van der Waals surface area contributed by atoms with E-state index in [0.29, 0.717) is 17.7 Å². The molecular formula is C22H28N2O2. The molecule has 4 heteroatoms. The number of unbranched alkanes of at least 4 members (excludes halogenated alkanes) is 7. The first-order chi connectivity index (χ1) is 12.7. The van der Waals surface area contributed by atoms with Crippen LogP contribution in [0.15, 0.2) is 36.4 Å². The average molecular weight is 352 g/mol. The topological polar surface area (TPSA) is 63.4 Å². The summed E-state index contributed by atoms with van der Waals surface area (Å²) in [6, 6.07) is 11.3. The molecule has 2 aromatic rings. The Labute approximate surface area is 155 Å². The van der Waals surface area contributed by atoms with E-state index in [2.05, 4.69) is 0 Å². The second-order valence-corrected chi connectivity index (χ2v) is 7.09. The zero-order valence-corrected chi connectivity index (χ0v) is 15.4. The highest BCUT2D eigenvalue weighted by Gasteiger charge is 2.31. The van der Waals surface area contributed by atoms with Gasteiger partial charge in [-0.2, -0.15) is 0 Å². The van der Waals surface area contributed by atoms with Gasteiger partial charge in [0.25, 0.3) is 11.8 Å². The minimum Gasteiger partial charge on any atom is -0.330 e. The second kappa shape index (κ2) is 8.95. The fourth-order valence-electron chi connectivity index (χ4n) is 3.76. The number of benzene rings is 2. The van der Waals surface area contributed by atoms with E-state index in [1.165, 1.54) is 30.6 Å². The van der Waals surface area contributed by atoms with Gasteiger partial charge < -0.3 is 5.73 Å². The predicted molar refractivity (Wildman–Crippen MR) is 105 cm³/mol. The number of carbonyl (C=O) groups is 2. The van der Waals surface area contributed by atoms with Gasteiger partial charge in [-0.15, -0.1) is 0 Å². The monoisotopic (exact) mass is 352 g/mol. The van der Waals surface area contributed by atoms with Gasteiger partial charge >= 0.3 is 0 Å². The maximum absolute atomic E-state index is 12.8. The lowest BCUT2D eigenvalue weighted by Crippen LogP contribution is -2.40. The van der Waals surface area contributed by atoms with Crippen LogP contribution in [-0.2, 0) is 0 Å². The van der Waals surface area contributed by atoms with E-state index < -0.39 is 0 Å². The van der Waals surface area contributed by atoms with Gasteiger partial charge in [0.15, 0.2) is 0 Å². The van der Waals surface area contributed by atoms with E-state index in [0.717, 1.165) is 43.0 Å². The Balaban J connectivity index is 1.53. The van der Waals surface area contributed by atoms with Gasteiger partial charge in [-0.05, 0) is 36.9 Å². The molecule has 0 bridgehead atoms. The molecule has 26 heavy (non-hydrogen) atoms. The molecule has 1 heterocycles. The lowest BCUT2D eigenvalue weighted by Gasteiger charge is -2.27. The molecule has 2 N–H and O–H groups in total. The molecule has 0 fully saturated rings. The number of rotatable bonds is 10. The van der Waals surface area contributed by atoms with Crippen molar-refractivity contribution in [1.82, 2.24) is 4.90 Å². The molecule has 0 saturated heterocycles. The molecule has 1 aliphatic rings. The summed E-state index contributed by atoms with van der Waals surface area (Å²) in [6.45, 7) is 1.30. The van der Waals surface area contributed by atoms with Crippen molar-refractivity contribution in [3.63, 3.8) is 0 Å². The van der Waals surface area contributed by atoms with Crippen molar-refractivity contribution in [3.05, 3.63) is 47.5 Å². The van der Waals surface area contributed by atoms with Crippen LogP contribution in [0.4, 0.5) is 0 Å². The van der Waals surface area contributed by atoms with E-state index in [1.807, 2.05) is 36.4 Å². The summed E-state index contributed by atoms with van der Waals surface area (Å²) in [7, 11) is 0. The molecule has 0 aromatic heterocycles. The summed E-state index contributed by atoms with van der Waals surface area (Å²) in [5.41, 5.74) is 6.80. The number of hydrogen-bond acceptors (Lipinski definition) is 3. The number of nitrogens with two attached hydrogens (primary N) is 1. The predicted octanol–water partition coefficient (Wildman–Crippen LogP) is 4.52. The molecule has 0 spiro atoms. The minimum absolute atomic E-state index is 0.152. The number of hydrogen-bond donors (Lipinski definition) is 1. The Morgan fingerprint density at radius 1 is 0.692 bits per heavy atom. The van der Waals surface area contributed by atoms with Crippen LogP contribution in [0.25, 0.3) is 10.8 Å². The first kappa shape index (κ1) is 18.6. The zero-order chi connectivity index (χ0) is 18.4. The van der Waals surface area contributed by atoms with Gasteiger partial charge in [0.1, 0.15) is 0 Å². The minimum atomic E-state index is -0.152. The largest absolute Gasteiger partial charge is 0.330 e. The van der Waals surface area contributed by atoms with Crippen LogP contribution < -0.4 is 5.73 Å². The highest BCUT2D eigenvalue weighted by molar-refractivity contribution is 6.25. The average Bonchev–Trinajstić information content (AvgIpc) is 2.67. The van der Waals surface area contributed by atoms with Crippen molar-refractivity contribution >= 4 is 22.6 Å². The maximum atomic E-state index is 12.8. The summed E-state index contributed by atoms with van der Waals surface area (Å²) >= 11 is 0. The number of nitrogens with zero attached hydrogens (tertiary/aromatic N) is 1. The lowest BCUT2D eigenvalue weighted by atomic mass is 9.94. The quantitative estimate of drug-likeness (QED) is 0.505. The number of amides is 2. The van der Waals surface area contributed by atoms with E-state index in [1.54, 1.807) is 0 Å². The molecule has 2 aromatic carbocycles. The molecule has 1 aliphatic heterocycles. The fraction of sp³-hybridized carbons (Fsp3) is 0.455. The Bertz CT molecular complexity index is 734. The number of imide groups is 1. The molecule has 0 aliphatic carbocycles. The SMILES string of the molecule is NCCCCCCCCCCN1C(=O)c2cccc3cccc(c23)C1=O. The Hall–Kier alpha value is -2.20. The maximum Gasteiger partial charge on any atom is 0.261 e. The van der Waals surface area contributed by atoms with Crippen LogP contribution in [0.3, 0.4) is 0 Å². The molecule has 0 atom stereocenters. The van der Waals surface area contributed by atoms with E-state index in [9.17, 15) is 9.59 Å². The van der Waals surface area contributed by atoms with Gasteiger partial charge in [-0.25, -0.2) is 0 Å². The standard InChI is InChI=1S/C22H28N2O2/c23-15-7-5-3-1-2-4-6-8-16-24-21(25)18-13-9-11-17-12-10-14-19(20(17)18)22(24)26/h9-14H,1-8,15-16,23H2. The van der Waals surface area contributed by atoms with Gasteiger partial charge in [0.05, 0.1) is 0 Å². The highest BCUT2D eigenvalue weighted by Crippen LogP contribution is 2.30. The van der Waals surface area contributed by atoms with E-state index in [4.69, 9.17) is 5.73 Å². The highest BCUT2D eigenvalue weighted by atomic mass is 16.2. The van der Waals surface area contributed by atoms with Crippen molar-refractivity contribution in [1.29, 1.82) is 0 Å². The first-order valence-electron chi connectivity index (χ1n) is 9.82. The summed E-state index contributed by atoms with van der Waals surface area (Å²) < 4.78 is 0. The van der Waals surface area contributed by atoms with Crippen LogP contribution in [0, 0.1) is 0 Å². The Morgan fingerprint density at radius 2 is 1.19 bits per heavy atom. The van der Waals surface area contributed by atoms with Crippen LogP contribution in [0.5, 0.6) is 0 Å². The second-order valence-electron chi connectivity index (χ2n) is 7.09. The van der Waals surface area contributed by atoms with Crippen LogP contribution in [0.2, 0.25) is 0 Å². The molecule has 0 unspecified atom stereocenters. The summed E-state index contributed by atoms with van der Waals surface area (Å²) in [5.74, 6) is -0.304. The molecular weight excluding hydrogens is 324 g/mol. The van der Waals surface area contributed by atoms with Gasteiger partial charge in [0, 0.05) is 23.1 Å². The smallest absolute Gasteiger partial charge is 0.261 e. The lowest BCUT2D eigenvalue weighted by molar-refractivity contribution is 0.0607. The van der Waals surface area contributed by atoms with Crippen LogP contribution in [-0.4, -0.2) is 29.8 Å². The van der Waals surface area contributed by atoms with E-state index >= 15 is 0 Å². The molecule has 2 amide bonds. The fourth-order valence-corrected chi connectivity index (χ4v) is 3.76.